The molecule has 28 heavy (non-hydrogen) atoms. The Bertz CT molecular complexity index is 884. The lowest BCUT2D eigenvalue weighted by Gasteiger charge is -2.49. The van der Waals surface area contributed by atoms with Crippen molar-refractivity contribution in [1.29, 1.82) is 0 Å². The van der Waals surface area contributed by atoms with E-state index in [1.54, 1.807) is 0 Å². The molecule has 1 saturated carbocycles. The molecule has 2 heterocycles. The van der Waals surface area contributed by atoms with Crippen molar-refractivity contribution in [3.05, 3.63) is 70.8 Å². The second-order valence-electron chi connectivity index (χ2n) is 9.22. The third kappa shape index (κ3) is 1.94. The van der Waals surface area contributed by atoms with Crippen molar-refractivity contribution >= 4 is 0 Å². The van der Waals surface area contributed by atoms with Crippen LogP contribution in [0.15, 0.2) is 48.5 Å². The highest BCUT2D eigenvalue weighted by Crippen LogP contribution is 2.55. The Morgan fingerprint density at radius 1 is 0.679 bits per heavy atom. The molecule has 5 unspecified atom stereocenters. The van der Waals surface area contributed by atoms with Crippen LogP contribution in [0.25, 0.3) is 0 Å². The smallest absolute Gasteiger partial charge is 0.163 e. The minimum Gasteiger partial charge on any atom is -0.350 e. The van der Waals surface area contributed by atoms with Crippen LogP contribution in [0.2, 0.25) is 0 Å². The molecule has 4 heteroatoms. The molecule has 144 valence electrons. The van der Waals surface area contributed by atoms with Crippen LogP contribution in [0.3, 0.4) is 0 Å². The van der Waals surface area contributed by atoms with Crippen LogP contribution in [-0.2, 0) is 22.3 Å². The van der Waals surface area contributed by atoms with Crippen molar-refractivity contribution in [1.82, 2.24) is 10.6 Å². The average molecular weight is 374 g/mol. The minimum absolute atomic E-state index is 0.213. The Morgan fingerprint density at radius 2 is 1.14 bits per heavy atom. The lowest BCUT2D eigenvalue weighted by atomic mass is 9.82. The summed E-state index contributed by atoms with van der Waals surface area (Å²) in [6.07, 6.45) is 6.82. The summed E-state index contributed by atoms with van der Waals surface area (Å²) < 4.78 is 13.8. The third-order valence-electron chi connectivity index (χ3n) is 7.81. The van der Waals surface area contributed by atoms with E-state index in [1.165, 1.54) is 35.1 Å². The zero-order valence-electron chi connectivity index (χ0n) is 16.0. The van der Waals surface area contributed by atoms with Crippen molar-refractivity contribution in [3.8, 4) is 0 Å². The Kier molecular flexibility index (Phi) is 3.14. The summed E-state index contributed by atoms with van der Waals surface area (Å²) in [6.45, 7) is 0. The predicted molar refractivity (Wildman–Crippen MR) is 106 cm³/mol. The van der Waals surface area contributed by atoms with Gasteiger partial charge in [-0.05, 0) is 47.9 Å². The van der Waals surface area contributed by atoms with Crippen molar-refractivity contribution < 1.29 is 9.47 Å². The summed E-state index contributed by atoms with van der Waals surface area (Å²) >= 11 is 0. The van der Waals surface area contributed by atoms with E-state index in [4.69, 9.17) is 9.47 Å². The summed E-state index contributed by atoms with van der Waals surface area (Å²) in [5.41, 5.74) is 4.83. The molecule has 2 N–H and O–H groups in total. The Balaban J connectivity index is 1.26. The first-order chi connectivity index (χ1) is 13.8. The normalized spacial score (nSPS) is 42.6. The van der Waals surface area contributed by atoms with Gasteiger partial charge in [0, 0.05) is 12.8 Å². The standard InChI is InChI=1S/C24H26N2O2/c1-3-9-17-15(7-1)13-19-21(17)25-23(27-19)11-5-6-12-24(23)26-22-18-10-4-2-8-16(18)14-20(22)28-24/h1-4,7-10,19-22,25-26H,5-6,11-14H2/t19?,20?,21-,22?,23?,24?/m1/s1. The number of fused-ring (bicyclic) bond motifs is 7. The monoisotopic (exact) mass is 374 g/mol. The lowest BCUT2D eigenvalue weighted by molar-refractivity contribution is -0.230. The summed E-state index contributed by atoms with van der Waals surface area (Å²) in [5.74, 6) is 0. The van der Waals surface area contributed by atoms with E-state index in [1.807, 2.05) is 0 Å². The molecule has 6 atom stereocenters. The molecule has 3 aliphatic carbocycles. The molecule has 2 spiro atoms. The first kappa shape index (κ1) is 16.1. The van der Waals surface area contributed by atoms with E-state index in [-0.39, 0.29) is 24.3 Å². The minimum atomic E-state index is -0.423. The van der Waals surface area contributed by atoms with Gasteiger partial charge in [0.1, 0.15) is 0 Å². The van der Waals surface area contributed by atoms with E-state index < -0.39 is 11.4 Å². The third-order valence-corrected chi connectivity index (χ3v) is 7.81. The summed E-state index contributed by atoms with van der Waals surface area (Å²) in [5, 5.41) is 7.92. The second-order valence-corrected chi connectivity index (χ2v) is 9.22. The largest absolute Gasteiger partial charge is 0.350 e. The molecule has 3 fully saturated rings. The van der Waals surface area contributed by atoms with Crippen LogP contribution < -0.4 is 10.6 Å². The molecule has 0 radical (unpaired) electrons. The van der Waals surface area contributed by atoms with Gasteiger partial charge in [0.05, 0.1) is 24.3 Å². The fourth-order valence-electron chi connectivity index (χ4n) is 6.60. The van der Waals surface area contributed by atoms with Gasteiger partial charge < -0.3 is 9.47 Å². The van der Waals surface area contributed by atoms with Gasteiger partial charge in [0.2, 0.25) is 0 Å². The van der Waals surface area contributed by atoms with Gasteiger partial charge in [-0.2, -0.15) is 0 Å². The second kappa shape index (κ2) is 5.45. The van der Waals surface area contributed by atoms with Crippen molar-refractivity contribution in [2.75, 3.05) is 0 Å². The Labute approximate surface area is 165 Å². The molecule has 0 bridgehead atoms. The van der Waals surface area contributed by atoms with Crippen LogP contribution in [0.5, 0.6) is 0 Å². The van der Waals surface area contributed by atoms with Gasteiger partial charge in [-0.15, -0.1) is 0 Å². The fourth-order valence-corrected chi connectivity index (χ4v) is 6.60. The van der Waals surface area contributed by atoms with Crippen molar-refractivity contribution in [2.45, 2.75) is 74.3 Å². The van der Waals surface area contributed by atoms with E-state index in [0.717, 1.165) is 25.7 Å². The van der Waals surface area contributed by atoms with Crippen LogP contribution in [0.4, 0.5) is 0 Å². The molecule has 5 aliphatic rings. The number of benzene rings is 2. The molecular weight excluding hydrogens is 348 g/mol. The van der Waals surface area contributed by atoms with Crippen molar-refractivity contribution in [3.63, 3.8) is 0 Å². The van der Waals surface area contributed by atoms with Gasteiger partial charge in [0.15, 0.2) is 11.4 Å². The first-order valence-corrected chi connectivity index (χ1v) is 10.8. The maximum absolute atomic E-state index is 6.89. The molecule has 4 nitrogen and oxygen atoms in total. The summed E-state index contributed by atoms with van der Waals surface area (Å²) in [6, 6.07) is 18.1. The molecule has 2 aliphatic heterocycles. The van der Waals surface area contributed by atoms with E-state index in [2.05, 4.69) is 59.2 Å². The van der Waals surface area contributed by atoms with E-state index in [9.17, 15) is 0 Å². The van der Waals surface area contributed by atoms with Gasteiger partial charge in [-0.1, -0.05) is 48.5 Å². The van der Waals surface area contributed by atoms with Crippen LogP contribution >= 0.6 is 0 Å². The van der Waals surface area contributed by atoms with Crippen LogP contribution in [0, 0.1) is 0 Å². The predicted octanol–water partition coefficient (Wildman–Crippen LogP) is 3.52. The highest BCUT2D eigenvalue weighted by molar-refractivity contribution is 5.40. The molecule has 0 amide bonds. The van der Waals surface area contributed by atoms with Crippen molar-refractivity contribution in [2.24, 2.45) is 0 Å². The average Bonchev–Trinajstić information content (AvgIpc) is 3.41. The van der Waals surface area contributed by atoms with E-state index >= 15 is 0 Å². The summed E-state index contributed by atoms with van der Waals surface area (Å²) in [7, 11) is 0. The van der Waals surface area contributed by atoms with Crippen LogP contribution in [0.1, 0.15) is 60.0 Å². The highest BCUT2D eigenvalue weighted by atomic mass is 16.6. The molecule has 2 aromatic carbocycles. The van der Waals surface area contributed by atoms with Gasteiger partial charge in [-0.3, -0.25) is 10.6 Å². The molecule has 0 aromatic heterocycles. The number of nitrogens with one attached hydrogen (secondary N) is 2. The lowest BCUT2D eigenvalue weighted by Crippen LogP contribution is -2.68. The molecule has 2 aromatic rings. The topological polar surface area (TPSA) is 42.5 Å². The summed E-state index contributed by atoms with van der Waals surface area (Å²) in [4.78, 5) is 0. The number of hydrogen-bond acceptors (Lipinski definition) is 4. The molecule has 7 rings (SSSR count). The zero-order chi connectivity index (χ0) is 18.3. The maximum atomic E-state index is 6.89. The maximum Gasteiger partial charge on any atom is 0.163 e. The Morgan fingerprint density at radius 3 is 1.64 bits per heavy atom. The van der Waals surface area contributed by atoms with Crippen LogP contribution in [-0.4, -0.2) is 23.7 Å². The quantitative estimate of drug-likeness (QED) is 0.740. The number of ether oxygens (including phenoxy) is 2. The highest BCUT2D eigenvalue weighted by Gasteiger charge is 2.66. The van der Waals surface area contributed by atoms with E-state index in [0.29, 0.717) is 0 Å². The first-order valence-electron chi connectivity index (χ1n) is 10.8. The van der Waals surface area contributed by atoms with Gasteiger partial charge in [0.25, 0.3) is 0 Å². The molecular formula is C24H26N2O2. The molecule has 2 saturated heterocycles. The Hall–Kier alpha value is -1.72. The van der Waals surface area contributed by atoms with Gasteiger partial charge in [-0.25, -0.2) is 0 Å². The number of rotatable bonds is 0. The van der Waals surface area contributed by atoms with Gasteiger partial charge >= 0.3 is 0 Å². The zero-order valence-corrected chi connectivity index (χ0v) is 16.0. The SMILES string of the molecule is c1ccc2c(c1)CC1OC3(CCCCC34N[C@@H]3c5ccccc5CC3O4)NC21. The fraction of sp³-hybridized carbons (Fsp3) is 0.500. The number of hydrogen-bond donors (Lipinski definition) is 2.